The molecule has 2 aromatic rings. The summed E-state index contributed by atoms with van der Waals surface area (Å²) in [5, 5.41) is 8.94. The Morgan fingerprint density at radius 2 is 1.97 bits per heavy atom. The Bertz CT molecular complexity index is 1050. The number of amides is 1. The number of benzene rings is 1. The number of alkyl halides is 3. The van der Waals surface area contributed by atoms with Crippen molar-refractivity contribution in [3.05, 3.63) is 47.7 Å². The van der Waals surface area contributed by atoms with Gasteiger partial charge in [-0.3, -0.25) is 4.79 Å². The van der Waals surface area contributed by atoms with Crippen LogP contribution in [0.5, 0.6) is 5.88 Å². The predicted octanol–water partition coefficient (Wildman–Crippen LogP) is 4.18. The van der Waals surface area contributed by atoms with Crippen molar-refractivity contribution >= 4 is 23.0 Å². The lowest BCUT2D eigenvalue weighted by Crippen LogP contribution is -2.46. The fraction of sp³-hybridized carbons (Fsp3) is 0.409. The summed E-state index contributed by atoms with van der Waals surface area (Å²) in [6, 6.07) is 7.63. The van der Waals surface area contributed by atoms with Gasteiger partial charge in [0.2, 0.25) is 5.88 Å². The molecular formula is C22H23F3N4O3S. The number of aromatic nitrogens is 1. The van der Waals surface area contributed by atoms with Gasteiger partial charge >= 0.3 is 6.18 Å². The zero-order valence-electron chi connectivity index (χ0n) is 18.3. The number of nitriles is 1. The van der Waals surface area contributed by atoms with E-state index in [4.69, 9.17) is 10.00 Å². The first kappa shape index (κ1) is 24.7. The fourth-order valence-corrected chi connectivity index (χ4v) is 4.49. The quantitative estimate of drug-likeness (QED) is 0.597. The summed E-state index contributed by atoms with van der Waals surface area (Å²) in [5.74, 6) is -0.170. The molecule has 0 saturated heterocycles. The molecule has 0 fully saturated rings. The number of carbonyl (C=O) groups is 1. The van der Waals surface area contributed by atoms with E-state index in [1.165, 1.54) is 28.7 Å². The summed E-state index contributed by atoms with van der Waals surface area (Å²) in [7, 11) is 0. The number of fused-ring (bicyclic) bond motifs is 1. The van der Waals surface area contributed by atoms with E-state index in [2.05, 4.69) is 4.98 Å². The normalized spacial score (nSPS) is 14.7. The number of carbonyl (C=O) groups excluding carboxylic acids is 1. The van der Waals surface area contributed by atoms with Crippen LogP contribution in [0.3, 0.4) is 0 Å². The summed E-state index contributed by atoms with van der Waals surface area (Å²) >= 11 is -1.84. The number of ether oxygens (including phenoxy) is 1. The van der Waals surface area contributed by atoms with Crippen LogP contribution in [-0.4, -0.2) is 45.6 Å². The molecule has 176 valence electrons. The van der Waals surface area contributed by atoms with Gasteiger partial charge in [0.05, 0.1) is 23.6 Å². The van der Waals surface area contributed by atoms with Crippen LogP contribution in [-0.2, 0) is 17.5 Å². The van der Waals surface area contributed by atoms with E-state index in [1.54, 1.807) is 4.90 Å². The first-order valence-electron chi connectivity index (χ1n) is 10.1. The first-order chi connectivity index (χ1) is 15.4. The number of rotatable bonds is 5. The van der Waals surface area contributed by atoms with Crippen LogP contribution in [0.1, 0.15) is 43.1 Å². The summed E-state index contributed by atoms with van der Waals surface area (Å²) < 4.78 is 58.7. The Kier molecular flexibility index (Phi) is 7.09. The average molecular weight is 481 g/mol. The second-order valence-electron chi connectivity index (χ2n) is 8.31. The van der Waals surface area contributed by atoms with Crippen molar-refractivity contribution in [1.29, 1.82) is 5.26 Å². The van der Waals surface area contributed by atoms with Gasteiger partial charge in [0.1, 0.15) is 30.2 Å². The molecule has 0 bridgehead atoms. The number of hydrogen-bond donors (Lipinski definition) is 0. The number of anilines is 1. The molecule has 2 heterocycles. The third kappa shape index (κ3) is 5.51. The number of hydrogen-bond acceptors (Lipinski definition) is 6. The molecule has 1 unspecified atom stereocenters. The molecule has 1 aromatic carbocycles. The Morgan fingerprint density at radius 1 is 1.30 bits per heavy atom. The Labute approximate surface area is 193 Å². The average Bonchev–Trinajstić information content (AvgIpc) is 2.76. The lowest BCUT2D eigenvalue weighted by Gasteiger charge is -2.36. The van der Waals surface area contributed by atoms with Crippen molar-refractivity contribution in [2.75, 3.05) is 24.0 Å². The summed E-state index contributed by atoms with van der Waals surface area (Å²) in [5.41, 5.74) is -0.857. The van der Waals surface area contributed by atoms with E-state index < -0.39 is 28.6 Å². The smallest absolute Gasteiger partial charge is 0.416 e. The Balaban J connectivity index is 1.92. The molecule has 1 amide bonds. The van der Waals surface area contributed by atoms with Gasteiger partial charge in [-0.1, -0.05) is 0 Å². The van der Waals surface area contributed by atoms with Crippen molar-refractivity contribution in [2.24, 2.45) is 0 Å². The van der Waals surface area contributed by atoms with Gasteiger partial charge in [-0.25, -0.2) is 4.98 Å². The van der Waals surface area contributed by atoms with Crippen LogP contribution in [0.4, 0.5) is 18.9 Å². The minimum absolute atomic E-state index is 0.161. The molecule has 1 aliphatic heterocycles. The predicted molar refractivity (Wildman–Crippen MR) is 116 cm³/mol. The summed E-state index contributed by atoms with van der Waals surface area (Å²) in [4.78, 5) is 19.1. The van der Waals surface area contributed by atoms with Gasteiger partial charge in [-0.15, -0.1) is 0 Å². The molecule has 0 aliphatic carbocycles. The van der Waals surface area contributed by atoms with Gasteiger partial charge < -0.3 is 14.2 Å². The van der Waals surface area contributed by atoms with Crippen molar-refractivity contribution in [2.45, 2.75) is 43.8 Å². The van der Waals surface area contributed by atoms with Gasteiger partial charge in [0.15, 0.2) is 4.90 Å². The molecule has 1 aliphatic rings. The minimum Gasteiger partial charge on any atom is -0.588 e. The molecule has 0 saturated carbocycles. The fourth-order valence-electron chi connectivity index (χ4n) is 3.31. The molecule has 0 radical (unpaired) electrons. The molecule has 11 heteroatoms. The van der Waals surface area contributed by atoms with Crippen molar-refractivity contribution < 1.29 is 27.3 Å². The molecule has 7 nitrogen and oxygen atoms in total. The molecule has 0 spiro atoms. The maximum Gasteiger partial charge on any atom is 0.416 e. The van der Waals surface area contributed by atoms with E-state index in [-0.39, 0.29) is 48.4 Å². The standard InChI is InChI=1S/C22H23F3N4O3S/c1-21(2,3)28(10-4-9-26)20(30)15-13-18-19(27-14-15)32-12-11-29(18)33(31)17-7-5-16(6-8-17)22(23,24)25/h5-8,13-14H,4,10-12H2,1-3H3. The molecular weight excluding hydrogens is 457 g/mol. The zero-order valence-corrected chi connectivity index (χ0v) is 19.2. The highest BCUT2D eigenvalue weighted by atomic mass is 32.2. The highest BCUT2D eigenvalue weighted by Crippen LogP contribution is 2.36. The van der Waals surface area contributed by atoms with Crippen molar-refractivity contribution in [3.63, 3.8) is 0 Å². The maximum absolute atomic E-state index is 13.2. The SMILES string of the molecule is CC(C)(C)N(CCC#N)C(=O)c1cnc2c(c1)N([S+]([O-])c1ccc(C(F)(F)F)cc1)CCO2. The lowest BCUT2D eigenvalue weighted by molar-refractivity contribution is -0.137. The summed E-state index contributed by atoms with van der Waals surface area (Å²) in [6.45, 7) is 6.15. The first-order valence-corrected chi connectivity index (χ1v) is 11.2. The Morgan fingerprint density at radius 3 is 2.55 bits per heavy atom. The highest BCUT2D eigenvalue weighted by Gasteiger charge is 2.35. The van der Waals surface area contributed by atoms with E-state index >= 15 is 0 Å². The van der Waals surface area contributed by atoms with Gasteiger partial charge in [0.25, 0.3) is 5.91 Å². The minimum atomic E-state index is -4.49. The zero-order chi connectivity index (χ0) is 24.4. The number of nitrogens with zero attached hydrogens (tertiary/aromatic N) is 4. The molecule has 33 heavy (non-hydrogen) atoms. The van der Waals surface area contributed by atoms with Gasteiger partial charge in [0, 0.05) is 18.3 Å². The lowest BCUT2D eigenvalue weighted by atomic mass is 10.0. The van der Waals surface area contributed by atoms with Crippen molar-refractivity contribution in [3.8, 4) is 11.9 Å². The van der Waals surface area contributed by atoms with Crippen molar-refractivity contribution in [1.82, 2.24) is 9.88 Å². The van der Waals surface area contributed by atoms with E-state index in [9.17, 15) is 22.5 Å². The maximum atomic E-state index is 13.2. The topological polar surface area (TPSA) is 92.5 Å². The molecule has 0 N–H and O–H groups in total. The molecule has 1 atom stereocenters. The number of pyridine rings is 1. The van der Waals surface area contributed by atoms with Gasteiger partial charge in [-0.2, -0.15) is 22.7 Å². The van der Waals surface area contributed by atoms with Crippen LogP contribution >= 0.6 is 0 Å². The van der Waals surface area contributed by atoms with Crippen LogP contribution in [0.25, 0.3) is 0 Å². The number of halogens is 3. The van der Waals surface area contributed by atoms with E-state index in [0.29, 0.717) is 5.69 Å². The third-order valence-corrected chi connectivity index (χ3v) is 6.42. The van der Waals surface area contributed by atoms with Crippen LogP contribution in [0, 0.1) is 11.3 Å². The van der Waals surface area contributed by atoms with Crippen LogP contribution < -0.4 is 9.04 Å². The van der Waals surface area contributed by atoms with Crippen LogP contribution in [0.2, 0.25) is 0 Å². The largest absolute Gasteiger partial charge is 0.588 e. The van der Waals surface area contributed by atoms with E-state index in [0.717, 1.165) is 12.1 Å². The molecule has 1 aromatic heterocycles. The van der Waals surface area contributed by atoms with Crippen LogP contribution in [0.15, 0.2) is 41.4 Å². The van der Waals surface area contributed by atoms with E-state index in [1.807, 2.05) is 26.8 Å². The Hall–Kier alpha value is -2.97. The monoisotopic (exact) mass is 480 g/mol. The summed E-state index contributed by atoms with van der Waals surface area (Å²) in [6.07, 6.45) is -2.97. The highest BCUT2D eigenvalue weighted by molar-refractivity contribution is 7.92. The second kappa shape index (κ2) is 9.49. The second-order valence-corrected chi connectivity index (χ2v) is 9.72. The third-order valence-electron chi connectivity index (χ3n) is 4.97. The van der Waals surface area contributed by atoms with Gasteiger partial charge in [-0.05, 0) is 51.1 Å². The molecule has 3 rings (SSSR count).